The van der Waals surface area contributed by atoms with Crippen molar-refractivity contribution < 1.29 is 18.7 Å². The van der Waals surface area contributed by atoms with Crippen molar-refractivity contribution in [2.45, 2.75) is 33.3 Å². The van der Waals surface area contributed by atoms with Crippen molar-refractivity contribution in [3.05, 3.63) is 59.4 Å². The smallest absolute Gasteiger partial charge is 0.261 e. The topological polar surface area (TPSA) is 47.6 Å². The number of halogens is 1. The van der Waals surface area contributed by atoms with E-state index in [9.17, 15) is 9.18 Å². The Morgan fingerprint density at radius 1 is 1.16 bits per heavy atom. The summed E-state index contributed by atoms with van der Waals surface area (Å²) in [4.78, 5) is 12.2. The Morgan fingerprint density at radius 2 is 1.88 bits per heavy atom. The summed E-state index contributed by atoms with van der Waals surface area (Å²) in [7, 11) is 0. The maximum atomic E-state index is 12.9. The van der Waals surface area contributed by atoms with Crippen molar-refractivity contribution in [2.24, 2.45) is 0 Å². The average Bonchev–Trinajstić information content (AvgIpc) is 2.59. The van der Waals surface area contributed by atoms with Gasteiger partial charge in [0.05, 0.1) is 6.54 Å². The van der Waals surface area contributed by atoms with Crippen LogP contribution in [0.4, 0.5) is 4.39 Å². The predicted molar refractivity (Wildman–Crippen MR) is 95.5 cm³/mol. The quantitative estimate of drug-likeness (QED) is 0.741. The highest BCUT2D eigenvalue weighted by Gasteiger charge is 2.17. The molecule has 0 unspecified atom stereocenters. The summed E-state index contributed by atoms with van der Waals surface area (Å²) in [5, 5.41) is 2.80. The molecule has 2 aromatic rings. The molecule has 0 heterocycles. The number of benzene rings is 2. The lowest BCUT2D eigenvalue weighted by atomic mass is 10.1. The van der Waals surface area contributed by atoms with Crippen molar-refractivity contribution >= 4 is 5.91 Å². The van der Waals surface area contributed by atoms with Gasteiger partial charge >= 0.3 is 0 Å². The Morgan fingerprint density at radius 3 is 2.52 bits per heavy atom. The Balaban J connectivity index is 1.78. The third-order valence-corrected chi connectivity index (χ3v) is 3.74. The molecule has 25 heavy (non-hydrogen) atoms. The molecule has 4 nitrogen and oxygen atoms in total. The van der Waals surface area contributed by atoms with Crippen LogP contribution in [0.1, 0.15) is 24.5 Å². The molecule has 0 aliphatic rings. The van der Waals surface area contributed by atoms with Crippen LogP contribution in [-0.4, -0.2) is 25.2 Å². The highest BCUT2D eigenvalue weighted by atomic mass is 19.1. The molecule has 1 amide bonds. The van der Waals surface area contributed by atoms with Crippen molar-refractivity contribution in [1.82, 2.24) is 5.32 Å². The first-order valence-corrected chi connectivity index (χ1v) is 8.39. The minimum Gasteiger partial charge on any atom is -0.491 e. The normalized spacial score (nSPS) is 11.7. The van der Waals surface area contributed by atoms with Gasteiger partial charge in [-0.3, -0.25) is 4.79 Å². The predicted octanol–water partition coefficient (Wildman–Crippen LogP) is 3.80. The summed E-state index contributed by atoms with van der Waals surface area (Å²) in [6.07, 6.45) is -0.104. The maximum Gasteiger partial charge on any atom is 0.261 e. The molecule has 0 aliphatic carbocycles. The zero-order valence-corrected chi connectivity index (χ0v) is 14.8. The second-order valence-corrected chi connectivity index (χ2v) is 5.88. The summed E-state index contributed by atoms with van der Waals surface area (Å²) in [5.74, 6) is 0.730. The van der Waals surface area contributed by atoms with Crippen molar-refractivity contribution in [3.8, 4) is 11.5 Å². The molecule has 0 spiro atoms. The number of rotatable bonds is 8. The van der Waals surface area contributed by atoms with E-state index >= 15 is 0 Å². The highest BCUT2D eigenvalue weighted by molar-refractivity contribution is 5.81. The first-order valence-electron chi connectivity index (χ1n) is 8.39. The Kier molecular flexibility index (Phi) is 6.81. The summed E-state index contributed by atoms with van der Waals surface area (Å²) in [6.45, 7) is 6.64. The monoisotopic (exact) mass is 345 g/mol. The molecule has 0 saturated heterocycles. The fourth-order valence-corrected chi connectivity index (χ4v) is 2.41. The molecule has 1 atom stereocenters. The number of carbonyl (C=O) groups excluding carboxylic acids is 1. The van der Waals surface area contributed by atoms with Crippen LogP contribution < -0.4 is 14.8 Å². The number of carbonyl (C=O) groups is 1. The van der Waals surface area contributed by atoms with Gasteiger partial charge in [0.2, 0.25) is 0 Å². The third-order valence-electron chi connectivity index (χ3n) is 3.74. The molecule has 134 valence electrons. The van der Waals surface area contributed by atoms with Gasteiger partial charge in [-0.25, -0.2) is 4.39 Å². The van der Waals surface area contributed by atoms with Crippen LogP contribution >= 0.6 is 0 Å². The number of ether oxygens (including phenoxy) is 2. The first-order chi connectivity index (χ1) is 12.0. The number of hydrogen-bond acceptors (Lipinski definition) is 3. The summed E-state index contributed by atoms with van der Waals surface area (Å²) in [5.41, 5.74) is 2.25. The molecule has 0 aromatic heterocycles. The lowest BCUT2D eigenvalue weighted by molar-refractivity contribution is -0.128. The molecule has 0 fully saturated rings. The van der Waals surface area contributed by atoms with Crippen LogP contribution in [0.5, 0.6) is 11.5 Å². The van der Waals surface area contributed by atoms with Crippen LogP contribution in [0, 0.1) is 19.7 Å². The Bertz CT molecular complexity index is 701. The molecular weight excluding hydrogens is 321 g/mol. The average molecular weight is 345 g/mol. The van der Waals surface area contributed by atoms with Crippen LogP contribution in [0.25, 0.3) is 0 Å². The lowest BCUT2D eigenvalue weighted by Crippen LogP contribution is -2.39. The molecule has 0 bridgehead atoms. The van der Waals surface area contributed by atoms with Gasteiger partial charge in [0, 0.05) is 0 Å². The summed E-state index contributed by atoms with van der Waals surface area (Å²) >= 11 is 0. The van der Waals surface area contributed by atoms with Gasteiger partial charge in [0.15, 0.2) is 6.10 Å². The number of aryl methyl sites for hydroxylation is 2. The molecule has 0 aliphatic heterocycles. The van der Waals surface area contributed by atoms with Crippen LogP contribution in [-0.2, 0) is 4.79 Å². The fourth-order valence-electron chi connectivity index (χ4n) is 2.41. The molecule has 2 rings (SSSR count). The van der Waals surface area contributed by atoms with Crippen molar-refractivity contribution in [2.75, 3.05) is 13.2 Å². The van der Waals surface area contributed by atoms with Gasteiger partial charge in [-0.1, -0.05) is 24.6 Å². The summed E-state index contributed by atoms with van der Waals surface area (Å²) < 4.78 is 24.2. The molecular formula is C20H24FNO3. The van der Waals surface area contributed by atoms with Gasteiger partial charge in [-0.2, -0.15) is 0 Å². The fraction of sp³-hybridized carbons (Fsp3) is 0.350. The molecule has 1 N–H and O–H groups in total. The SMILES string of the molecule is CC[C@H](Oc1ccc(F)cc1)C(=O)NCCOc1ccc(C)cc1C. The van der Waals surface area contributed by atoms with E-state index in [0.29, 0.717) is 25.3 Å². The number of nitrogens with one attached hydrogen (secondary N) is 1. The standard InChI is InChI=1S/C20H24FNO3/c1-4-18(25-17-8-6-16(21)7-9-17)20(23)22-11-12-24-19-10-5-14(2)13-15(19)3/h5-10,13,18H,4,11-12H2,1-3H3,(H,22,23)/t18-/m0/s1. The largest absolute Gasteiger partial charge is 0.491 e. The molecule has 5 heteroatoms. The maximum absolute atomic E-state index is 12.9. The van der Waals surface area contributed by atoms with E-state index in [2.05, 4.69) is 11.4 Å². The van der Waals surface area contributed by atoms with Gasteiger partial charge in [-0.05, 0) is 56.2 Å². The van der Waals surface area contributed by atoms with Crippen LogP contribution in [0.15, 0.2) is 42.5 Å². The molecule has 0 saturated carbocycles. The molecule has 2 aromatic carbocycles. The summed E-state index contributed by atoms with van der Waals surface area (Å²) in [6, 6.07) is 11.6. The zero-order chi connectivity index (χ0) is 18.2. The van der Waals surface area contributed by atoms with Gasteiger partial charge in [-0.15, -0.1) is 0 Å². The minimum absolute atomic E-state index is 0.212. The molecule has 0 radical (unpaired) electrons. The Labute approximate surface area is 148 Å². The number of hydrogen-bond donors (Lipinski definition) is 1. The van der Waals surface area contributed by atoms with E-state index in [-0.39, 0.29) is 11.7 Å². The van der Waals surface area contributed by atoms with E-state index in [1.807, 2.05) is 32.9 Å². The van der Waals surface area contributed by atoms with Gasteiger partial charge < -0.3 is 14.8 Å². The van der Waals surface area contributed by atoms with E-state index in [0.717, 1.165) is 11.3 Å². The third kappa shape index (κ3) is 5.78. The van der Waals surface area contributed by atoms with E-state index in [4.69, 9.17) is 9.47 Å². The van der Waals surface area contributed by atoms with E-state index in [1.165, 1.54) is 29.8 Å². The lowest BCUT2D eigenvalue weighted by Gasteiger charge is -2.17. The van der Waals surface area contributed by atoms with Crippen molar-refractivity contribution in [3.63, 3.8) is 0 Å². The van der Waals surface area contributed by atoms with Gasteiger partial charge in [0.25, 0.3) is 5.91 Å². The van der Waals surface area contributed by atoms with Crippen molar-refractivity contribution in [1.29, 1.82) is 0 Å². The van der Waals surface area contributed by atoms with E-state index < -0.39 is 6.10 Å². The first kappa shape index (κ1) is 18.8. The second kappa shape index (κ2) is 9.06. The van der Waals surface area contributed by atoms with Gasteiger partial charge in [0.1, 0.15) is 23.9 Å². The second-order valence-electron chi connectivity index (χ2n) is 5.88. The van der Waals surface area contributed by atoms with Crippen LogP contribution in [0.2, 0.25) is 0 Å². The van der Waals surface area contributed by atoms with E-state index in [1.54, 1.807) is 0 Å². The van der Waals surface area contributed by atoms with Crippen LogP contribution in [0.3, 0.4) is 0 Å². The highest BCUT2D eigenvalue weighted by Crippen LogP contribution is 2.18. The minimum atomic E-state index is -0.619. The number of amides is 1. The zero-order valence-electron chi connectivity index (χ0n) is 14.8. The Hall–Kier alpha value is -2.56.